The Morgan fingerprint density at radius 1 is 1.17 bits per heavy atom. The summed E-state index contributed by atoms with van der Waals surface area (Å²) in [7, 11) is 0. The number of carbonyl (C=O) groups excluding carboxylic acids is 3. The summed E-state index contributed by atoms with van der Waals surface area (Å²) in [6, 6.07) is 18.1. The third-order valence-corrected chi connectivity index (χ3v) is 8.25. The van der Waals surface area contributed by atoms with Crippen LogP contribution in [0, 0.1) is 24.2 Å². The van der Waals surface area contributed by atoms with E-state index in [1.807, 2.05) is 55.5 Å². The number of aromatic nitrogens is 1. The van der Waals surface area contributed by atoms with Gasteiger partial charge in [0, 0.05) is 12.7 Å². The largest absolute Gasteiger partial charge is 0.457 e. The molecule has 1 atom stereocenters. The van der Waals surface area contributed by atoms with Gasteiger partial charge in [-0.2, -0.15) is 5.26 Å². The third kappa shape index (κ3) is 4.88. The number of hydrogen-bond acceptors (Lipinski definition) is 8. The third-order valence-electron chi connectivity index (χ3n) is 7.16. The molecule has 0 radical (unpaired) electrons. The van der Waals surface area contributed by atoms with Crippen molar-refractivity contribution in [3.63, 3.8) is 0 Å². The number of carbonyl (C=O) groups is 3. The number of aryl methyl sites for hydroxylation is 1. The van der Waals surface area contributed by atoms with Crippen molar-refractivity contribution >= 4 is 61.5 Å². The minimum absolute atomic E-state index is 0.270. The number of nitriles is 1. The number of rotatable bonds is 6. The lowest BCUT2D eigenvalue weighted by Gasteiger charge is -2.31. The summed E-state index contributed by atoms with van der Waals surface area (Å²) in [6.07, 6.45) is 2.58. The Hall–Kier alpha value is -4.79. The van der Waals surface area contributed by atoms with E-state index in [1.54, 1.807) is 23.2 Å². The maximum atomic E-state index is 13.7. The number of imide groups is 1. The molecule has 4 amide bonds. The van der Waals surface area contributed by atoms with Crippen LogP contribution in [0.15, 0.2) is 60.8 Å². The molecular weight excluding hydrogens is 540 g/mol. The molecule has 41 heavy (non-hydrogen) atoms. The number of nitrogens with one attached hydrogen (secondary N) is 2. The maximum Gasteiger partial charge on any atom is 0.331 e. The second-order valence-corrected chi connectivity index (χ2v) is 10.8. The summed E-state index contributed by atoms with van der Waals surface area (Å²) in [5, 5.41) is 16.3. The summed E-state index contributed by atoms with van der Waals surface area (Å²) in [5.74, 6) is -0.0881. The number of amides is 4. The molecular formula is C30H26N6O4S. The highest BCUT2D eigenvalue weighted by Crippen LogP contribution is 2.50. The van der Waals surface area contributed by atoms with Crippen molar-refractivity contribution in [3.8, 4) is 17.6 Å². The van der Waals surface area contributed by atoms with Gasteiger partial charge in [0.1, 0.15) is 27.8 Å². The molecule has 4 aromatic rings. The molecule has 2 aromatic heterocycles. The van der Waals surface area contributed by atoms with Crippen molar-refractivity contribution in [1.29, 1.82) is 5.26 Å². The molecule has 0 bridgehead atoms. The summed E-state index contributed by atoms with van der Waals surface area (Å²) in [4.78, 5) is 48.2. The van der Waals surface area contributed by atoms with Gasteiger partial charge in [0.05, 0.1) is 34.4 Å². The molecule has 2 N–H and O–H groups in total. The minimum atomic E-state index is -0.631. The SMILES string of the molecule is Cc1cc(Oc2ccccc2)ccc1N1C(=O)Nc2c(N(C(=O)CC#N)C(=O)C3CCCNC3)sc3nccc1c23. The number of piperidine rings is 1. The van der Waals surface area contributed by atoms with E-state index in [9.17, 15) is 19.6 Å². The first-order valence-electron chi connectivity index (χ1n) is 13.3. The van der Waals surface area contributed by atoms with Crippen molar-refractivity contribution < 1.29 is 19.1 Å². The molecule has 6 rings (SSSR count). The molecule has 1 saturated heterocycles. The topological polar surface area (TPSA) is 128 Å². The summed E-state index contributed by atoms with van der Waals surface area (Å²) >= 11 is 1.15. The molecule has 0 aliphatic carbocycles. The quantitative estimate of drug-likeness (QED) is 0.299. The number of hydrogen-bond donors (Lipinski definition) is 2. The van der Waals surface area contributed by atoms with E-state index in [1.165, 1.54) is 0 Å². The average molecular weight is 567 g/mol. The number of thiophene rings is 1. The fourth-order valence-corrected chi connectivity index (χ4v) is 6.40. The van der Waals surface area contributed by atoms with Gasteiger partial charge in [-0.3, -0.25) is 14.5 Å². The fourth-order valence-electron chi connectivity index (χ4n) is 5.26. The predicted molar refractivity (Wildman–Crippen MR) is 157 cm³/mol. The molecule has 2 aliphatic heterocycles. The Balaban J connectivity index is 1.41. The zero-order valence-electron chi connectivity index (χ0n) is 22.2. The first-order valence-corrected chi connectivity index (χ1v) is 14.1. The normalized spacial score (nSPS) is 16.1. The zero-order chi connectivity index (χ0) is 28.5. The molecule has 206 valence electrons. The van der Waals surface area contributed by atoms with Crippen LogP contribution in [-0.2, 0) is 9.59 Å². The van der Waals surface area contributed by atoms with Crippen molar-refractivity contribution in [2.75, 3.05) is 28.2 Å². The van der Waals surface area contributed by atoms with E-state index in [2.05, 4.69) is 15.6 Å². The fraction of sp³-hybridized carbons (Fsp3) is 0.233. The van der Waals surface area contributed by atoms with Crippen molar-refractivity contribution in [1.82, 2.24) is 10.3 Å². The van der Waals surface area contributed by atoms with Crippen LogP contribution >= 0.6 is 11.3 Å². The van der Waals surface area contributed by atoms with E-state index in [4.69, 9.17) is 4.74 Å². The van der Waals surface area contributed by atoms with Crippen LogP contribution in [-0.4, -0.2) is 35.9 Å². The van der Waals surface area contributed by atoms with Gasteiger partial charge in [0.15, 0.2) is 0 Å². The first-order chi connectivity index (χ1) is 20.0. The number of nitrogens with zero attached hydrogens (tertiary/aromatic N) is 4. The predicted octanol–water partition coefficient (Wildman–Crippen LogP) is 5.85. The van der Waals surface area contributed by atoms with Gasteiger partial charge in [-0.1, -0.05) is 29.5 Å². The monoisotopic (exact) mass is 566 g/mol. The first kappa shape index (κ1) is 26.4. The van der Waals surface area contributed by atoms with Crippen molar-refractivity contribution in [2.24, 2.45) is 5.92 Å². The van der Waals surface area contributed by atoms with Gasteiger partial charge in [0.2, 0.25) is 11.8 Å². The highest BCUT2D eigenvalue weighted by atomic mass is 32.1. The molecule has 0 spiro atoms. The zero-order valence-corrected chi connectivity index (χ0v) is 23.0. The highest BCUT2D eigenvalue weighted by molar-refractivity contribution is 7.23. The lowest BCUT2D eigenvalue weighted by atomic mass is 9.98. The van der Waals surface area contributed by atoms with Crippen LogP contribution < -0.4 is 25.2 Å². The van der Waals surface area contributed by atoms with Gasteiger partial charge in [-0.15, -0.1) is 0 Å². The van der Waals surface area contributed by atoms with Gasteiger partial charge in [0.25, 0.3) is 0 Å². The maximum absolute atomic E-state index is 13.7. The number of ether oxygens (including phenoxy) is 1. The lowest BCUT2D eigenvalue weighted by Crippen LogP contribution is -2.46. The van der Waals surface area contributed by atoms with E-state index in [-0.39, 0.29) is 10.9 Å². The second-order valence-electron chi connectivity index (χ2n) is 9.87. The van der Waals surface area contributed by atoms with Crippen LogP contribution in [0.25, 0.3) is 10.2 Å². The number of para-hydroxylation sites is 1. The molecule has 4 heterocycles. The number of anilines is 4. The molecule has 2 aromatic carbocycles. The molecule has 1 unspecified atom stereocenters. The van der Waals surface area contributed by atoms with Gasteiger partial charge < -0.3 is 15.4 Å². The van der Waals surface area contributed by atoms with Crippen LogP contribution in [0.4, 0.5) is 26.9 Å². The van der Waals surface area contributed by atoms with Crippen LogP contribution in [0.3, 0.4) is 0 Å². The Morgan fingerprint density at radius 2 is 2.00 bits per heavy atom. The van der Waals surface area contributed by atoms with Crippen LogP contribution in [0.5, 0.6) is 11.5 Å². The Labute approximate surface area is 240 Å². The molecule has 1 fully saturated rings. The van der Waals surface area contributed by atoms with Crippen molar-refractivity contribution in [3.05, 3.63) is 66.4 Å². The molecule has 2 aliphatic rings. The van der Waals surface area contributed by atoms with Gasteiger partial charge in [-0.25, -0.2) is 14.7 Å². The van der Waals surface area contributed by atoms with Gasteiger partial charge in [-0.05, 0) is 68.3 Å². The summed E-state index contributed by atoms with van der Waals surface area (Å²) < 4.78 is 5.96. The van der Waals surface area contributed by atoms with E-state index < -0.39 is 24.3 Å². The Kier molecular flexibility index (Phi) is 7.09. The summed E-state index contributed by atoms with van der Waals surface area (Å²) in [6.45, 7) is 3.15. The smallest absolute Gasteiger partial charge is 0.331 e. The number of urea groups is 1. The second kappa shape index (κ2) is 11.0. The van der Waals surface area contributed by atoms with Crippen molar-refractivity contribution in [2.45, 2.75) is 26.2 Å². The summed E-state index contributed by atoms with van der Waals surface area (Å²) in [5.41, 5.74) is 2.38. The average Bonchev–Trinajstić information content (AvgIpc) is 3.34. The van der Waals surface area contributed by atoms with Crippen LogP contribution in [0.2, 0.25) is 0 Å². The Bertz CT molecular complexity index is 1710. The Morgan fingerprint density at radius 3 is 2.73 bits per heavy atom. The lowest BCUT2D eigenvalue weighted by molar-refractivity contribution is -0.128. The molecule has 0 saturated carbocycles. The minimum Gasteiger partial charge on any atom is -0.457 e. The standard InChI is InChI=1S/C30H26N6O4S/c1-18-16-21(40-20-7-3-2-4-8-20)9-10-22(18)35-23-12-15-33-27-25(23)26(34-30(35)39)29(41-27)36(24(37)11-13-31)28(38)19-6-5-14-32-17-19/h2-4,7-10,12,15-16,19,32H,5-6,11,14,17H2,1H3,(H,34,39). The van der Waals surface area contributed by atoms with E-state index in [0.717, 1.165) is 34.8 Å². The highest BCUT2D eigenvalue weighted by Gasteiger charge is 2.38. The molecule has 10 nitrogen and oxygen atoms in total. The number of benzene rings is 2. The number of pyridine rings is 1. The van der Waals surface area contributed by atoms with E-state index in [0.29, 0.717) is 51.7 Å². The molecule has 11 heteroatoms. The van der Waals surface area contributed by atoms with E-state index >= 15 is 0 Å². The van der Waals surface area contributed by atoms with Gasteiger partial charge >= 0.3 is 6.03 Å². The van der Waals surface area contributed by atoms with Crippen LogP contribution in [0.1, 0.15) is 24.8 Å².